The van der Waals surface area contributed by atoms with Gasteiger partial charge in [-0.3, -0.25) is 9.91 Å². The molecule has 1 atom stereocenters. The lowest BCUT2D eigenvalue weighted by Crippen LogP contribution is -2.55. The van der Waals surface area contributed by atoms with Crippen LogP contribution in [0.15, 0.2) is 36.3 Å². The maximum Gasteiger partial charge on any atom is 0.344 e. The van der Waals surface area contributed by atoms with Gasteiger partial charge in [0.15, 0.2) is 0 Å². The monoisotopic (exact) mass is 352 g/mol. The van der Waals surface area contributed by atoms with Gasteiger partial charge >= 0.3 is 6.03 Å². The van der Waals surface area contributed by atoms with Crippen LogP contribution in [0, 0.1) is 11.3 Å². The van der Waals surface area contributed by atoms with Crippen molar-refractivity contribution < 1.29 is 4.79 Å². The van der Waals surface area contributed by atoms with Crippen LogP contribution < -0.4 is 5.73 Å². The zero-order valence-corrected chi connectivity index (χ0v) is 14.8. The van der Waals surface area contributed by atoms with Crippen molar-refractivity contribution in [1.82, 2.24) is 19.8 Å². The Morgan fingerprint density at radius 2 is 2.04 bits per heavy atom. The molecule has 3 heterocycles. The Balaban J connectivity index is 1.68. The van der Waals surface area contributed by atoms with Gasteiger partial charge in [0.1, 0.15) is 5.82 Å². The molecule has 2 N–H and O–H groups in total. The van der Waals surface area contributed by atoms with Crippen LogP contribution in [0.5, 0.6) is 0 Å². The van der Waals surface area contributed by atoms with Crippen molar-refractivity contribution in [1.29, 1.82) is 5.26 Å². The van der Waals surface area contributed by atoms with Crippen LogP contribution in [-0.4, -0.2) is 58.1 Å². The molecule has 0 spiro atoms. The third-order valence-corrected chi connectivity index (χ3v) is 5.31. The molecule has 3 aliphatic heterocycles. The highest BCUT2D eigenvalue weighted by molar-refractivity contribution is 5.77. The second-order valence-electron chi connectivity index (χ2n) is 7.11. The Kier molecular flexibility index (Phi) is 4.43. The van der Waals surface area contributed by atoms with Crippen LogP contribution in [0.3, 0.4) is 0 Å². The number of amides is 2. The van der Waals surface area contributed by atoms with E-state index in [2.05, 4.69) is 17.2 Å². The predicted molar refractivity (Wildman–Crippen MR) is 97.0 cm³/mol. The molecular formula is C19H24N6O. The third kappa shape index (κ3) is 2.97. The van der Waals surface area contributed by atoms with E-state index in [-0.39, 0.29) is 12.1 Å². The molecule has 4 rings (SSSR count). The smallest absolute Gasteiger partial charge is 0.344 e. The summed E-state index contributed by atoms with van der Waals surface area (Å²) < 4.78 is 0. The number of hydrazine groups is 1. The summed E-state index contributed by atoms with van der Waals surface area (Å²) in [6.45, 7) is 3.64. The number of carbonyl (C=O) groups excluding carboxylic acids is 1. The number of rotatable bonds is 3. The Bertz CT molecular complexity index is 770. The number of nitrogens with two attached hydrogens (primary N) is 1. The average Bonchev–Trinajstić information content (AvgIpc) is 3.13. The summed E-state index contributed by atoms with van der Waals surface area (Å²) in [5.41, 5.74) is 7.65. The van der Waals surface area contributed by atoms with Crippen LogP contribution in [0.2, 0.25) is 0 Å². The molecule has 0 aromatic heterocycles. The first kappa shape index (κ1) is 16.7. The zero-order chi connectivity index (χ0) is 18.1. The lowest BCUT2D eigenvalue weighted by Gasteiger charge is -2.45. The molecule has 0 radical (unpaired) electrons. The van der Waals surface area contributed by atoms with E-state index >= 15 is 0 Å². The summed E-state index contributed by atoms with van der Waals surface area (Å²) in [5.74, 6) is 0.899. The summed E-state index contributed by atoms with van der Waals surface area (Å²) in [4.78, 5) is 17.2. The molecule has 1 aromatic rings. The number of nitrogens with zero attached hydrogens (tertiary/aromatic N) is 5. The van der Waals surface area contributed by atoms with E-state index in [1.54, 1.807) is 16.0 Å². The summed E-state index contributed by atoms with van der Waals surface area (Å²) in [5, 5.41) is 13.2. The summed E-state index contributed by atoms with van der Waals surface area (Å²) in [7, 11) is 0. The molecule has 2 fully saturated rings. The van der Waals surface area contributed by atoms with Gasteiger partial charge < -0.3 is 10.6 Å². The van der Waals surface area contributed by atoms with Crippen LogP contribution in [0.25, 0.3) is 0 Å². The Morgan fingerprint density at radius 3 is 2.85 bits per heavy atom. The summed E-state index contributed by atoms with van der Waals surface area (Å²) >= 11 is 0. The Labute approximate surface area is 153 Å². The van der Waals surface area contributed by atoms with E-state index in [0.29, 0.717) is 12.1 Å². The van der Waals surface area contributed by atoms with Gasteiger partial charge in [-0.2, -0.15) is 5.26 Å². The van der Waals surface area contributed by atoms with Gasteiger partial charge in [-0.25, -0.2) is 9.80 Å². The van der Waals surface area contributed by atoms with Gasteiger partial charge in [-0.05, 0) is 30.9 Å². The van der Waals surface area contributed by atoms with E-state index < -0.39 is 0 Å². The number of likely N-dealkylation sites (tertiary alicyclic amines) is 1. The quantitative estimate of drug-likeness (QED) is 0.894. The molecule has 2 saturated heterocycles. The fourth-order valence-corrected chi connectivity index (χ4v) is 3.97. The standard InChI is InChI=1S/C19H24N6O/c20-11-15-5-1-2-6-16(15)12-24-18(22-8-3-7-17(21)13-22)14-23-9-4-10-25(23)19(24)26/h1-2,5-6,14,17H,3-4,7-10,12-13,21H2/t17-/m1/s1. The van der Waals surface area contributed by atoms with E-state index in [0.717, 1.165) is 56.8 Å². The fourth-order valence-electron chi connectivity index (χ4n) is 3.97. The lowest BCUT2D eigenvalue weighted by molar-refractivity contribution is 0.0448. The molecule has 0 bridgehead atoms. The Hall–Kier alpha value is -2.72. The number of benzene rings is 1. The highest BCUT2D eigenvalue weighted by atomic mass is 16.2. The highest BCUT2D eigenvalue weighted by Gasteiger charge is 2.38. The van der Waals surface area contributed by atoms with E-state index in [9.17, 15) is 10.1 Å². The number of piperidine rings is 1. The third-order valence-electron chi connectivity index (χ3n) is 5.31. The van der Waals surface area contributed by atoms with Crippen LogP contribution in [0.1, 0.15) is 30.4 Å². The van der Waals surface area contributed by atoms with Crippen molar-refractivity contribution >= 4 is 6.03 Å². The van der Waals surface area contributed by atoms with Gasteiger partial charge in [0.25, 0.3) is 0 Å². The molecule has 0 saturated carbocycles. The first-order valence-electron chi connectivity index (χ1n) is 9.23. The molecule has 1 aromatic carbocycles. The zero-order valence-electron chi connectivity index (χ0n) is 14.8. The maximum atomic E-state index is 13.2. The number of carbonyl (C=O) groups is 1. The fraction of sp³-hybridized carbons (Fsp3) is 0.474. The van der Waals surface area contributed by atoms with E-state index in [4.69, 9.17) is 5.73 Å². The summed E-state index contributed by atoms with van der Waals surface area (Å²) in [6, 6.07) is 9.82. The number of urea groups is 1. The van der Waals surface area contributed by atoms with Gasteiger partial charge in [0.2, 0.25) is 0 Å². The molecule has 136 valence electrons. The van der Waals surface area contributed by atoms with Crippen LogP contribution in [0.4, 0.5) is 4.79 Å². The summed E-state index contributed by atoms with van der Waals surface area (Å²) in [6.07, 6.45) is 5.09. The minimum atomic E-state index is -0.0214. The molecule has 26 heavy (non-hydrogen) atoms. The van der Waals surface area contributed by atoms with Gasteiger partial charge in [0.05, 0.1) is 24.4 Å². The highest BCUT2D eigenvalue weighted by Crippen LogP contribution is 2.29. The first-order chi connectivity index (χ1) is 12.7. The molecule has 7 nitrogen and oxygen atoms in total. The SMILES string of the molecule is N#Cc1ccccc1CN1C(=O)N2CCCN2C=C1N1CCC[C@@H](N)C1. The molecule has 3 aliphatic rings. The minimum absolute atomic E-state index is 0.0214. The predicted octanol–water partition coefficient (Wildman–Crippen LogP) is 1.64. The maximum absolute atomic E-state index is 13.2. The number of fused-ring (bicyclic) bond motifs is 1. The van der Waals surface area contributed by atoms with Gasteiger partial charge in [0, 0.05) is 32.2 Å². The normalized spacial score (nSPS) is 23.0. The van der Waals surface area contributed by atoms with Crippen molar-refractivity contribution in [3.05, 3.63) is 47.4 Å². The van der Waals surface area contributed by atoms with Crippen LogP contribution >= 0.6 is 0 Å². The van der Waals surface area contributed by atoms with Crippen molar-refractivity contribution in [2.24, 2.45) is 5.73 Å². The number of hydrogen-bond acceptors (Lipinski definition) is 5. The van der Waals surface area contributed by atoms with Crippen LogP contribution in [-0.2, 0) is 6.54 Å². The van der Waals surface area contributed by atoms with Crippen molar-refractivity contribution in [3.8, 4) is 6.07 Å². The Morgan fingerprint density at radius 1 is 1.19 bits per heavy atom. The second kappa shape index (κ2) is 6.89. The van der Waals surface area contributed by atoms with Gasteiger partial charge in [-0.1, -0.05) is 18.2 Å². The van der Waals surface area contributed by atoms with Gasteiger partial charge in [-0.15, -0.1) is 0 Å². The average molecular weight is 352 g/mol. The largest absolute Gasteiger partial charge is 0.355 e. The minimum Gasteiger partial charge on any atom is -0.355 e. The van der Waals surface area contributed by atoms with E-state index in [1.165, 1.54) is 0 Å². The molecule has 2 amide bonds. The second-order valence-corrected chi connectivity index (χ2v) is 7.11. The lowest BCUT2D eigenvalue weighted by atomic mass is 10.1. The molecule has 0 unspecified atom stereocenters. The number of nitriles is 1. The molecule has 0 aliphatic carbocycles. The van der Waals surface area contributed by atoms with Crippen molar-refractivity contribution in [3.63, 3.8) is 0 Å². The van der Waals surface area contributed by atoms with Crippen molar-refractivity contribution in [2.45, 2.75) is 31.8 Å². The topological polar surface area (TPSA) is 79.8 Å². The van der Waals surface area contributed by atoms with Crippen molar-refractivity contribution in [2.75, 3.05) is 26.2 Å². The van der Waals surface area contributed by atoms with E-state index in [1.807, 2.05) is 23.2 Å². The first-order valence-corrected chi connectivity index (χ1v) is 9.23. The molecule has 7 heteroatoms. The number of hydrogen-bond donors (Lipinski definition) is 1. The molecular weight excluding hydrogens is 328 g/mol.